The van der Waals surface area contributed by atoms with E-state index in [0.717, 1.165) is 0 Å². The van der Waals surface area contributed by atoms with Gasteiger partial charge in [0.2, 0.25) is 5.82 Å². The summed E-state index contributed by atoms with van der Waals surface area (Å²) >= 11 is 0. The van der Waals surface area contributed by atoms with Crippen LogP contribution in [0.5, 0.6) is 0 Å². The highest BCUT2D eigenvalue weighted by Gasteiger charge is 2.15. The molecule has 0 bridgehead atoms. The summed E-state index contributed by atoms with van der Waals surface area (Å²) in [6.07, 6.45) is 0. The Morgan fingerprint density at radius 1 is 1.53 bits per heavy atom. The van der Waals surface area contributed by atoms with Crippen LogP contribution in [0.2, 0.25) is 0 Å². The minimum absolute atomic E-state index is 0.165. The molecule has 2 rings (SSSR count). The SMILES string of the molecule is COC(=O)c1nc2ccc(F)cc2n1C. The second-order valence-electron chi connectivity index (χ2n) is 3.12. The topological polar surface area (TPSA) is 44.1 Å². The van der Waals surface area contributed by atoms with Crippen LogP contribution in [0.4, 0.5) is 4.39 Å². The zero-order chi connectivity index (χ0) is 11.0. The van der Waals surface area contributed by atoms with Gasteiger partial charge in [0.15, 0.2) is 0 Å². The lowest BCUT2D eigenvalue weighted by atomic mass is 10.3. The van der Waals surface area contributed by atoms with Gasteiger partial charge in [-0.05, 0) is 18.2 Å². The first kappa shape index (κ1) is 9.64. The van der Waals surface area contributed by atoms with Crippen LogP contribution in [0, 0.1) is 5.82 Å². The fraction of sp³-hybridized carbons (Fsp3) is 0.200. The molecule has 0 saturated heterocycles. The summed E-state index contributed by atoms with van der Waals surface area (Å²) in [5, 5.41) is 0. The number of hydrogen-bond acceptors (Lipinski definition) is 3. The highest BCUT2D eigenvalue weighted by molar-refractivity contribution is 5.90. The summed E-state index contributed by atoms with van der Waals surface area (Å²) in [6.45, 7) is 0. The van der Waals surface area contributed by atoms with Crippen LogP contribution in [0.3, 0.4) is 0 Å². The first-order valence-corrected chi connectivity index (χ1v) is 4.34. The summed E-state index contributed by atoms with van der Waals surface area (Å²) in [6, 6.07) is 4.16. The van der Waals surface area contributed by atoms with Crippen molar-refractivity contribution >= 4 is 17.0 Å². The molecule has 0 unspecified atom stereocenters. The summed E-state index contributed by atoms with van der Waals surface area (Å²) in [5.74, 6) is -0.728. The van der Waals surface area contributed by atoms with Crippen LogP contribution in [-0.2, 0) is 11.8 Å². The normalized spacial score (nSPS) is 10.6. The third-order valence-corrected chi connectivity index (χ3v) is 2.21. The fourth-order valence-electron chi connectivity index (χ4n) is 1.44. The lowest BCUT2D eigenvalue weighted by Gasteiger charge is -1.99. The van der Waals surface area contributed by atoms with Gasteiger partial charge < -0.3 is 9.30 Å². The highest BCUT2D eigenvalue weighted by Crippen LogP contribution is 2.16. The Morgan fingerprint density at radius 3 is 2.93 bits per heavy atom. The third-order valence-electron chi connectivity index (χ3n) is 2.21. The molecule has 1 aromatic carbocycles. The Hall–Kier alpha value is -1.91. The molecule has 4 nitrogen and oxygen atoms in total. The Kier molecular flexibility index (Phi) is 2.15. The van der Waals surface area contributed by atoms with E-state index in [4.69, 9.17) is 0 Å². The average Bonchev–Trinajstić information content (AvgIpc) is 2.55. The number of carbonyl (C=O) groups excluding carboxylic acids is 1. The van der Waals surface area contributed by atoms with E-state index in [0.29, 0.717) is 11.0 Å². The quantitative estimate of drug-likeness (QED) is 0.667. The minimum Gasteiger partial charge on any atom is -0.463 e. The van der Waals surface area contributed by atoms with E-state index in [2.05, 4.69) is 9.72 Å². The molecule has 0 aliphatic carbocycles. The second kappa shape index (κ2) is 3.34. The van der Waals surface area contributed by atoms with Crippen molar-refractivity contribution in [2.24, 2.45) is 7.05 Å². The van der Waals surface area contributed by atoms with Gasteiger partial charge in [-0.1, -0.05) is 0 Å². The monoisotopic (exact) mass is 208 g/mol. The number of aryl methyl sites for hydroxylation is 1. The molecule has 1 aromatic heterocycles. The molecule has 0 amide bonds. The van der Waals surface area contributed by atoms with Crippen LogP contribution in [0.25, 0.3) is 11.0 Å². The van der Waals surface area contributed by atoms with E-state index in [1.54, 1.807) is 7.05 Å². The zero-order valence-corrected chi connectivity index (χ0v) is 8.32. The number of ether oxygens (including phenoxy) is 1. The van der Waals surface area contributed by atoms with E-state index in [1.807, 2.05) is 0 Å². The van der Waals surface area contributed by atoms with Crippen LogP contribution < -0.4 is 0 Å². The average molecular weight is 208 g/mol. The fourth-order valence-corrected chi connectivity index (χ4v) is 1.44. The van der Waals surface area contributed by atoms with E-state index in [1.165, 1.54) is 29.9 Å². The predicted octanol–water partition coefficient (Wildman–Crippen LogP) is 1.50. The number of nitrogens with zero attached hydrogens (tertiary/aromatic N) is 2. The Labute approximate surface area is 85.3 Å². The third kappa shape index (κ3) is 1.45. The number of hydrogen-bond donors (Lipinski definition) is 0. The second-order valence-corrected chi connectivity index (χ2v) is 3.12. The smallest absolute Gasteiger partial charge is 0.374 e. The molecule has 0 N–H and O–H groups in total. The van der Waals surface area contributed by atoms with Crippen molar-refractivity contribution in [3.63, 3.8) is 0 Å². The maximum absolute atomic E-state index is 13.0. The minimum atomic E-state index is -0.533. The maximum Gasteiger partial charge on any atom is 0.374 e. The van der Waals surface area contributed by atoms with E-state index in [9.17, 15) is 9.18 Å². The molecule has 0 spiro atoms. The van der Waals surface area contributed by atoms with Crippen molar-refractivity contribution in [2.75, 3.05) is 7.11 Å². The summed E-state index contributed by atoms with van der Waals surface area (Å²) < 4.78 is 19.0. The Morgan fingerprint density at radius 2 is 2.27 bits per heavy atom. The number of imidazole rings is 1. The molecule has 2 aromatic rings. The number of esters is 1. The highest BCUT2D eigenvalue weighted by atomic mass is 19.1. The van der Waals surface area contributed by atoms with Crippen molar-refractivity contribution in [1.82, 2.24) is 9.55 Å². The maximum atomic E-state index is 13.0. The van der Waals surface area contributed by atoms with Gasteiger partial charge in [-0.2, -0.15) is 0 Å². The van der Waals surface area contributed by atoms with Gasteiger partial charge >= 0.3 is 5.97 Å². The molecule has 0 radical (unpaired) electrons. The first-order chi connectivity index (χ1) is 7.13. The van der Waals surface area contributed by atoms with Crippen LogP contribution in [0.1, 0.15) is 10.6 Å². The Balaban J connectivity index is 2.69. The molecule has 5 heteroatoms. The molecule has 15 heavy (non-hydrogen) atoms. The van der Waals surface area contributed by atoms with Crippen LogP contribution >= 0.6 is 0 Å². The van der Waals surface area contributed by atoms with Crippen LogP contribution in [0.15, 0.2) is 18.2 Å². The van der Waals surface area contributed by atoms with Crippen molar-refractivity contribution in [1.29, 1.82) is 0 Å². The predicted molar refractivity (Wildman–Crippen MR) is 52.0 cm³/mol. The lowest BCUT2D eigenvalue weighted by Crippen LogP contribution is -2.08. The van der Waals surface area contributed by atoms with Crippen molar-refractivity contribution in [3.8, 4) is 0 Å². The van der Waals surface area contributed by atoms with Gasteiger partial charge in [0, 0.05) is 7.05 Å². The van der Waals surface area contributed by atoms with E-state index < -0.39 is 5.97 Å². The number of rotatable bonds is 1. The van der Waals surface area contributed by atoms with Gasteiger partial charge in [-0.15, -0.1) is 0 Å². The van der Waals surface area contributed by atoms with Crippen LogP contribution in [-0.4, -0.2) is 22.6 Å². The summed E-state index contributed by atoms with van der Waals surface area (Å²) in [5.41, 5.74) is 1.13. The lowest BCUT2D eigenvalue weighted by molar-refractivity contribution is 0.0583. The molecule has 0 saturated carbocycles. The van der Waals surface area contributed by atoms with Gasteiger partial charge in [-0.25, -0.2) is 14.2 Å². The number of fused-ring (bicyclic) bond motifs is 1. The van der Waals surface area contributed by atoms with E-state index in [-0.39, 0.29) is 11.6 Å². The number of carbonyl (C=O) groups is 1. The zero-order valence-electron chi connectivity index (χ0n) is 8.32. The van der Waals surface area contributed by atoms with Crippen molar-refractivity contribution in [3.05, 3.63) is 29.8 Å². The van der Waals surface area contributed by atoms with Gasteiger partial charge in [0.25, 0.3) is 0 Å². The van der Waals surface area contributed by atoms with Gasteiger partial charge in [0.1, 0.15) is 5.82 Å². The van der Waals surface area contributed by atoms with Gasteiger partial charge in [-0.3, -0.25) is 0 Å². The molecular weight excluding hydrogens is 199 g/mol. The molecule has 78 valence electrons. The number of benzene rings is 1. The molecule has 0 fully saturated rings. The number of aromatic nitrogens is 2. The van der Waals surface area contributed by atoms with Crippen molar-refractivity contribution in [2.45, 2.75) is 0 Å². The first-order valence-electron chi connectivity index (χ1n) is 4.34. The number of halogens is 1. The molecule has 1 heterocycles. The largest absolute Gasteiger partial charge is 0.463 e. The molecule has 0 aliphatic rings. The van der Waals surface area contributed by atoms with Gasteiger partial charge in [0.05, 0.1) is 18.1 Å². The summed E-state index contributed by atoms with van der Waals surface area (Å²) in [4.78, 5) is 15.3. The number of methoxy groups -OCH3 is 1. The molecule has 0 atom stereocenters. The van der Waals surface area contributed by atoms with E-state index >= 15 is 0 Å². The molecular formula is C10H9FN2O2. The molecule has 0 aliphatic heterocycles. The standard InChI is InChI=1S/C10H9FN2O2/c1-13-8-5-6(11)3-4-7(8)12-9(13)10(14)15-2/h3-5H,1-2H3. The summed E-state index contributed by atoms with van der Waals surface area (Å²) in [7, 11) is 2.92. The Bertz CT molecular complexity index is 533. The van der Waals surface area contributed by atoms with Crippen molar-refractivity contribution < 1.29 is 13.9 Å².